The number of fused-ring (bicyclic) bond motifs is 2. The molecule has 3 heteroatoms. The Kier molecular flexibility index (Phi) is 2.55. The third kappa shape index (κ3) is 1.57. The minimum Gasteiger partial charge on any atom is -0.481 e. The smallest absolute Gasteiger partial charge is 0.310 e. The van der Waals surface area contributed by atoms with Gasteiger partial charge in [0.05, 0.1) is 11.0 Å². The molecule has 4 rings (SSSR count). The SMILES string of the molecule is O=C(O)C1(C2CCOC3(CCC3)C2)CC2CCC1C2. The van der Waals surface area contributed by atoms with Gasteiger partial charge in [-0.3, -0.25) is 4.79 Å². The largest absolute Gasteiger partial charge is 0.481 e. The summed E-state index contributed by atoms with van der Waals surface area (Å²) < 4.78 is 6.00. The highest BCUT2D eigenvalue weighted by Gasteiger charge is 2.61. The number of aliphatic carboxylic acids is 1. The summed E-state index contributed by atoms with van der Waals surface area (Å²) in [6.45, 7) is 0.789. The van der Waals surface area contributed by atoms with E-state index in [0.717, 1.165) is 45.1 Å². The van der Waals surface area contributed by atoms with Crippen molar-refractivity contribution < 1.29 is 14.6 Å². The Morgan fingerprint density at radius 2 is 1.95 bits per heavy atom. The van der Waals surface area contributed by atoms with Crippen LogP contribution < -0.4 is 0 Å². The average Bonchev–Trinajstić information content (AvgIpc) is 2.97. The monoisotopic (exact) mass is 264 g/mol. The molecule has 3 nitrogen and oxygen atoms in total. The molecule has 4 aliphatic rings. The van der Waals surface area contributed by atoms with E-state index in [1.807, 2.05) is 0 Å². The summed E-state index contributed by atoms with van der Waals surface area (Å²) in [5.41, 5.74) is -0.317. The van der Waals surface area contributed by atoms with E-state index in [9.17, 15) is 9.90 Å². The van der Waals surface area contributed by atoms with E-state index in [4.69, 9.17) is 4.74 Å². The predicted octanol–water partition coefficient (Wildman–Crippen LogP) is 3.23. The number of ether oxygens (including phenoxy) is 1. The van der Waals surface area contributed by atoms with Gasteiger partial charge in [0.1, 0.15) is 0 Å². The van der Waals surface area contributed by atoms with Crippen molar-refractivity contribution in [1.82, 2.24) is 0 Å². The van der Waals surface area contributed by atoms with Gasteiger partial charge in [0.2, 0.25) is 0 Å². The second-order valence-electron chi connectivity index (χ2n) is 7.50. The summed E-state index contributed by atoms with van der Waals surface area (Å²) in [5.74, 6) is 1.02. The van der Waals surface area contributed by atoms with Crippen molar-refractivity contribution in [3.63, 3.8) is 0 Å². The molecule has 4 unspecified atom stereocenters. The second-order valence-corrected chi connectivity index (χ2v) is 7.50. The van der Waals surface area contributed by atoms with Crippen LogP contribution in [-0.2, 0) is 9.53 Å². The molecule has 1 heterocycles. The van der Waals surface area contributed by atoms with Crippen LogP contribution in [0.2, 0.25) is 0 Å². The van der Waals surface area contributed by atoms with Crippen LogP contribution in [0.4, 0.5) is 0 Å². The van der Waals surface area contributed by atoms with Crippen LogP contribution in [0.5, 0.6) is 0 Å². The van der Waals surface area contributed by atoms with Crippen LogP contribution in [-0.4, -0.2) is 23.3 Å². The van der Waals surface area contributed by atoms with Crippen LogP contribution in [0, 0.1) is 23.2 Å². The Labute approximate surface area is 114 Å². The normalized spacial score (nSPS) is 47.3. The molecule has 0 aromatic carbocycles. The molecular weight excluding hydrogens is 240 g/mol. The van der Waals surface area contributed by atoms with Crippen molar-refractivity contribution >= 4 is 5.97 Å². The molecule has 0 radical (unpaired) electrons. The summed E-state index contributed by atoms with van der Waals surface area (Å²) in [6, 6.07) is 0. The van der Waals surface area contributed by atoms with E-state index in [0.29, 0.717) is 17.8 Å². The van der Waals surface area contributed by atoms with Gasteiger partial charge >= 0.3 is 5.97 Å². The van der Waals surface area contributed by atoms with Gasteiger partial charge in [-0.2, -0.15) is 0 Å². The molecule has 2 bridgehead atoms. The Bertz CT molecular complexity index is 401. The van der Waals surface area contributed by atoms with Crippen LogP contribution in [0.25, 0.3) is 0 Å². The molecule has 1 aliphatic heterocycles. The first kappa shape index (κ1) is 12.2. The molecule has 4 atom stereocenters. The first-order valence-electron chi connectivity index (χ1n) is 8.02. The molecule has 3 saturated carbocycles. The fourth-order valence-electron chi connectivity index (χ4n) is 5.70. The fourth-order valence-corrected chi connectivity index (χ4v) is 5.70. The topological polar surface area (TPSA) is 46.5 Å². The van der Waals surface area contributed by atoms with Crippen molar-refractivity contribution in [3.05, 3.63) is 0 Å². The lowest BCUT2D eigenvalue weighted by atomic mass is 9.58. The quantitative estimate of drug-likeness (QED) is 0.833. The summed E-state index contributed by atoms with van der Waals surface area (Å²) in [7, 11) is 0. The van der Waals surface area contributed by atoms with Gasteiger partial charge in [-0.15, -0.1) is 0 Å². The van der Waals surface area contributed by atoms with Gasteiger partial charge in [0.15, 0.2) is 0 Å². The third-order valence-electron chi connectivity index (χ3n) is 6.78. The first-order chi connectivity index (χ1) is 9.15. The first-order valence-corrected chi connectivity index (χ1v) is 8.02. The lowest BCUT2D eigenvalue weighted by Gasteiger charge is -2.52. The average molecular weight is 264 g/mol. The zero-order valence-corrected chi connectivity index (χ0v) is 11.6. The van der Waals surface area contributed by atoms with Gasteiger partial charge in [-0.1, -0.05) is 6.42 Å². The molecule has 1 N–H and O–H groups in total. The lowest BCUT2D eigenvalue weighted by molar-refractivity contribution is -0.183. The number of hydrogen-bond donors (Lipinski definition) is 1. The molecule has 106 valence electrons. The Morgan fingerprint density at radius 1 is 1.11 bits per heavy atom. The van der Waals surface area contributed by atoms with Gasteiger partial charge in [0.25, 0.3) is 0 Å². The molecule has 0 amide bonds. The molecule has 4 fully saturated rings. The van der Waals surface area contributed by atoms with Gasteiger partial charge < -0.3 is 9.84 Å². The molecule has 0 aromatic rings. The molecule has 3 aliphatic carbocycles. The molecule has 1 spiro atoms. The van der Waals surface area contributed by atoms with Crippen molar-refractivity contribution in [2.75, 3.05) is 6.61 Å². The number of carbonyl (C=O) groups is 1. The zero-order chi connectivity index (χ0) is 13.1. The van der Waals surface area contributed by atoms with Crippen molar-refractivity contribution in [2.45, 2.75) is 63.4 Å². The minimum atomic E-state index is -0.499. The number of hydrogen-bond acceptors (Lipinski definition) is 2. The summed E-state index contributed by atoms with van der Waals surface area (Å²) in [5, 5.41) is 9.96. The van der Waals surface area contributed by atoms with Crippen LogP contribution in [0.1, 0.15) is 57.8 Å². The van der Waals surface area contributed by atoms with E-state index in [2.05, 4.69) is 0 Å². The van der Waals surface area contributed by atoms with E-state index in [-0.39, 0.29) is 5.60 Å². The Balaban J connectivity index is 1.63. The second kappa shape index (κ2) is 3.97. The standard InChI is InChI=1S/C16H24O3/c17-14(18)16(9-11-2-3-12(16)8-11)13-4-7-19-15(10-13)5-1-6-15/h11-13H,1-10H2,(H,17,18). The van der Waals surface area contributed by atoms with E-state index in [1.165, 1.54) is 19.3 Å². The fraction of sp³-hybridized carbons (Fsp3) is 0.938. The number of carboxylic acid groups (broad SMARTS) is 1. The van der Waals surface area contributed by atoms with Crippen molar-refractivity contribution in [1.29, 1.82) is 0 Å². The van der Waals surface area contributed by atoms with Crippen LogP contribution in [0.3, 0.4) is 0 Å². The van der Waals surface area contributed by atoms with Crippen LogP contribution in [0.15, 0.2) is 0 Å². The molecule has 19 heavy (non-hydrogen) atoms. The molecule has 1 saturated heterocycles. The van der Waals surface area contributed by atoms with Gasteiger partial charge in [-0.05, 0) is 69.1 Å². The lowest BCUT2D eigenvalue weighted by Crippen LogP contribution is -2.53. The molecular formula is C16H24O3. The zero-order valence-electron chi connectivity index (χ0n) is 11.6. The summed E-state index contributed by atoms with van der Waals surface area (Å²) in [6.07, 6.45) is 10.1. The van der Waals surface area contributed by atoms with Crippen molar-refractivity contribution in [3.8, 4) is 0 Å². The minimum absolute atomic E-state index is 0.0766. The van der Waals surface area contributed by atoms with Crippen LogP contribution >= 0.6 is 0 Å². The van der Waals surface area contributed by atoms with Crippen molar-refractivity contribution in [2.24, 2.45) is 23.2 Å². The maximum atomic E-state index is 12.1. The van der Waals surface area contributed by atoms with Gasteiger partial charge in [-0.25, -0.2) is 0 Å². The number of rotatable bonds is 2. The van der Waals surface area contributed by atoms with E-state index in [1.54, 1.807) is 0 Å². The number of carboxylic acids is 1. The maximum Gasteiger partial charge on any atom is 0.310 e. The molecule has 0 aromatic heterocycles. The van der Waals surface area contributed by atoms with E-state index >= 15 is 0 Å². The highest BCUT2D eigenvalue weighted by Crippen LogP contribution is 2.63. The summed E-state index contributed by atoms with van der Waals surface area (Å²) in [4.78, 5) is 12.1. The highest BCUT2D eigenvalue weighted by molar-refractivity contribution is 5.76. The third-order valence-corrected chi connectivity index (χ3v) is 6.78. The van der Waals surface area contributed by atoms with Gasteiger partial charge in [0, 0.05) is 6.61 Å². The summed E-state index contributed by atoms with van der Waals surface area (Å²) >= 11 is 0. The Hall–Kier alpha value is -0.570. The van der Waals surface area contributed by atoms with E-state index < -0.39 is 11.4 Å². The maximum absolute atomic E-state index is 12.1. The Morgan fingerprint density at radius 3 is 2.47 bits per heavy atom. The predicted molar refractivity (Wildman–Crippen MR) is 70.8 cm³/mol. The highest BCUT2D eigenvalue weighted by atomic mass is 16.5.